The summed E-state index contributed by atoms with van der Waals surface area (Å²) in [5.74, 6) is 1.68. The minimum atomic E-state index is 0.412. The number of nitrogen functional groups attached to an aromatic ring is 1. The highest BCUT2D eigenvalue weighted by Crippen LogP contribution is 2.26. The van der Waals surface area contributed by atoms with Crippen LogP contribution in [0.25, 0.3) is 0 Å². The summed E-state index contributed by atoms with van der Waals surface area (Å²) >= 11 is 1.43. The van der Waals surface area contributed by atoms with Gasteiger partial charge in [0.15, 0.2) is 5.16 Å². The highest BCUT2D eigenvalue weighted by molar-refractivity contribution is 7.98. The first-order valence-electron chi connectivity index (χ1n) is 5.52. The minimum Gasteiger partial charge on any atom is -0.439 e. The Morgan fingerprint density at radius 2 is 1.94 bits per heavy atom. The van der Waals surface area contributed by atoms with E-state index < -0.39 is 0 Å². The quantitative estimate of drug-likeness (QED) is 0.679. The SMILES string of the molecule is CSc1nc(N)cc(Oc2cc(C)ccc2C)n1. The van der Waals surface area contributed by atoms with Gasteiger partial charge in [-0.15, -0.1) is 0 Å². The molecule has 0 aliphatic rings. The van der Waals surface area contributed by atoms with E-state index >= 15 is 0 Å². The molecule has 0 unspecified atom stereocenters. The van der Waals surface area contributed by atoms with Crippen LogP contribution in [-0.2, 0) is 0 Å². The molecule has 0 bridgehead atoms. The summed E-state index contributed by atoms with van der Waals surface area (Å²) in [6.45, 7) is 4.02. The Kier molecular flexibility index (Phi) is 3.72. The molecule has 2 aromatic rings. The minimum absolute atomic E-state index is 0.412. The van der Waals surface area contributed by atoms with Crippen LogP contribution in [0.2, 0.25) is 0 Å². The number of hydrogen-bond donors (Lipinski definition) is 1. The van der Waals surface area contributed by atoms with Crippen LogP contribution < -0.4 is 10.5 Å². The molecule has 0 atom stereocenters. The summed E-state index contributed by atoms with van der Waals surface area (Å²) in [6, 6.07) is 7.67. The number of anilines is 1. The van der Waals surface area contributed by atoms with Crippen LogP contribution in [0.4, 0.5) is 5.82 Å². The lowest BCUT2D eigenvalue weighted by molar-refractivity contribution is 0.452. The molecule has 0 spiro atoms. The highest BCUT2D eigenvalue weighted by Gasteiger charge is 2.06. The summed E-state index contributed by atoms with van der Waals surface area (Å²) in [6.07, 6.45) is 1.90. The maximum absolute atomic E-state index is 5.77. The van der Waals surface area contributed by atoms with Gasteiger partial charge in [0.2, 0.25) is 5.88 Å². The Morgan fingerprint density at radius 3 is 2.67 bits per heavy atom. The van der Waals surface area contributed by atoms with Crippen molar-refractivity contribution in [2.45, 2.75) is 19.0 Å². The number of nitrogens with two attached hydrogens (primary N) is 1. The van der Waals surface area contributed by atoms with Gasteiger partial charge in [0.25, 0.3) is 0 Å². The predicted octanol–water partition coefficient (Wildman–Crippen LogP) is 3.19. The smallest absolute Gasteiger partial charge is 0.225 e. The number of thioether (sulfide) groups is 1. The van der Waals surface area contributed by atoms with Crippen molar-refractivity contribution in [1.82, 2.24) is 9.97 Å². The van der Waals surface area contributed by atoms with Crippen molar-refractivity contribution in [3.05, 3.63) is 35.4 Å². The Hall–Kier alpha value is -1.75. The Labute approximate surface area is 111 Å². The first-order valence-corrected chi connectivity index (χ1v) is 6.74. The molecule has 1 aromatic carbocycles. The molecule has 1 heterocycles. The number of benzene rings is 1. The van der Waals surface area contributed by atoms with Crippen LogP contribution in [0, 0.1) is 13.8 Å². The van der Waals surface area contributed by atoms with Gasteiger partial charge >= 0.3 is 0 Å². The third-order valence-electron chi connectivity index (χ3n) is 2.44. The van der Waals surface area contributed by atoms with E-state index in [1.807, 2.05) is 38.3 Å². The zero-order valence-electron chi connectivity index (χ0n) is 10.6. The third-order valence-corrected chi connectivity index (χ3v) is 2.99. The van der Waals surface area contributed by atoms with E-state index in [0.717, 1.165) is 16.9 Å². The molecule has 0 aliphatic heterocycles. The molecule has 0 fully saturated rings. The summed E-state index contributed by atoms with van der Waals surface area (Å²) in [5, 5.41) is 0.607. The number of aromatic nitrogens is 2. The highest BCUT2D eigenvalue weighted by atomic mass is 32.2. The fourth-order valence-electron chi connectivity index (χ4n) is 1.49. The molecule has 4 nitrogen and oxygen atoms in total. The van der Waals surface area contributed by atoms with Crippen LogP contribution in [-0.4, -0.2) is 16.2 Å². The van der Waals surface area contributed by atoms with Gasteiger partial charge in [-0.25, -0.2) is 4.98 Å². The molecule has 2 N–H and O–H groups in total. The van der Waals surface area contributed by atoms with Gasteiger partial charge < -0.3 is 10.5 Å². The molecule has 5 heteroatoms. The van der Waals surface area contributed by atoms with Gasteiger partial charge in [-0.3, -0.25) is 0 Å². The first kappa shape index (κ1) is 12.7. The normalized spacial score (nSPS) is 10.4. The Bertz CT molecular complexity index is 572. The van der Waals surface area contributed by atoms with Crippen molar-refractivity contribution in [2.75, 3.05) is 12.0 Å². The number of rotatable bonds is 3. The van der Waals surface area contributed by atoms with Crippen LogP contribution in [0.3, 0.4) is 0 Å². The zero-order valence-corrected chi connectivity index (χ0v) is 11.4. The molecule has 18 heavy (non-hydrogen) atoms. The molecular weight excluding hydrogens is 246 g/mol. The van der Waals surface area contributed by atoms with Crippen LogP contribution in [0.1, 0.15) is 11.1 Å². The van der Waals surface area contributed by atoms with Gasteiger partial charge in [0.05, 0.1) is 0 Å². The maximum atomic E-state index is 5.77. The standard InChI is InChI=1S/C13H15N3OS/c1-8-4-5-9(2)10(6-8)17-12-7-11(14)15-13(16-12)18-3/h4-7H,1-3H3,(H2,14,15,16). The lowest BCUT2D eigenvalue weighted by atomic mass is 10.1. The molecule has 2 rings (SSSR count). The number of ether oxygens (including phenoxy) is 1. The second-order valence-electron chi connectivity index (χ2n) is 3.99. The number of hydrogen-bond acceptors (Lipinski definition) is 5. The number of aryl methyl sites for hydroxylation is 2. The monoisotopic (exact) mass is 261 g/mol. The van der Waals surface area contributed by atoms with E-state index in [9.17, 15) is 0 Å². The van der Waals surface area contributed by atoms with Crippen LogP contribution in [0.15, 0.2) is 29.4 Å². The van der Waals surface area contributed by atoms with Crippen molar-refractivity contribution in [2.24, 2.45) is 0 Å². The summed E-state index contributed by atoms with van der Waals surface area (Å²) in [5.41, 5.74) is 7.91. The Morgan fingerprint density at radius 1 is 1.17 bits per heavy atom. The van der Waals surface area contributed by atoms with E-state index in [4.69, 9.17) is 10.5 Å². The van der Waals surface area contributed by atoms with Crippen molar-refractivity contribution < 1.29 is 4.74 Å². The molecule has 1 aromatic heterocycles. The van der Waals surface area contributed by atoms with Crippen molar-refractivity contribution >= 4 is 17.6 Å². The molecular formula is C13H15N3OS. The van der Waals surface area contributed by atoms with Crippen molar-refractivity contribution in [3.63, 3.8) is 0 Å². The molecule has 0 amide bonds. The first-order chi connectivity index (χ1) is 8.58. The molecule has 94 valence electrons. The van der Waals surface area contributed by atoms with Crippen molar-refractivity contribution in [1.29, 1.82) is 0 Å². The van der Waals surface area contributed by atoms with E-state index in [2.05, 4.69) is 9.97 Å². The zero-order chi connectivity index (χ0) is 13.1. The largest absolute Gasteiger partial charge is 0.439 e. The lowest BCUT2D eigenvalue weighted by Gasteiger charge is -2.09. The van der Waals surface area contributed by atoms with Crippen molar-refractivity contribution in [3.8, 4) is 11.6 Å². The van der Waals surface area contributed by atoms with E-state index in [0.29, 0.717) is 16.9 Å². The van der Waals surface area contributed by atoms with Crippen LogP contribution in [0.5, 0.6) is 11.6 Å². The van der Waals surface area contributed by atoms with Gasteiger partial charge in [-0.05, 0) is 37.3 Å². The van der Waals surface area contributed by atoms with Gasteiger partial charge in [0, 0.05) is 6.07 Å². The maximum Gasteiger partial charge on any atom is 0.225 e. The van der Waals surface area contributed by atoms with Gasteiger partial charge in [-0.2, -0.15) is 4.98 Å². The summed E-state index contributed by atoms with van der Waals surface area (Å²) in [7, 11) is 0. The molecule has 0 saturated heterocycles. The average Bonchev–Trinajstić information content (AvgIpc) is 2.33. The second-order valence-corrected chi connectivity index (χ2v) is 4.76. The second kappa shape index (κ2) is 5.27. The van der Waals surface area contributed by atoms with E-state index in [1.54, 1.807) is 6.07 Å². The van der Waals surface area contributed by atoms with Crippen LogP contribution >= 0.6 is 11.8 Å². The molecule has 0 saturated carbocycles. The topological polar surface area (TPSA) is 61.0 Å². The third kappa shape index (κ3) is 2.92. The van der Waals surface area contributed by atoms with Gasteiger partial charge in [-0.1, -0.05) is 23.9 Å². The predicted molar refractivity (Wildman–Crippen MR) is 74.2 cm³/mol. The van der Waals surface area contributed by atoms with E-state index in [-0.39, 0.29) is 0 Å². The summed E-state index contributed by atoms with van der Waals surface area (Å²) in [4.78, 5) is 8.35. The molecule has 0 aliphatic carbocycles. The fourth-order valence-corrected chi connectivity index (χ4v) is 1.87. The molecule has 0 radical (unpaired) electrons. The van der Waals surface area contributed by atoms with Gasteiger partial charge in [0.1, 0.15) is 11.6 Å². The van der Waals surface area contributed by atoms with E-state index in [1.165, 1.54) is 11.8 Å². The lowest BCUT2D eigenvalue weighted by Crippen LogP contribution is -1.98. The average molecular weight is 261 g/mol. The summed E-state index contributed by atoms with van der Waals surface area (Å²) < 4.78 is 5.77. The Balaban J connectivity index is 2.33. The number of nitrogens with zero attached hydrogens (tertiary/aromatic N) is 2. The fraction of sp³-hybridized carbons (Fsp3) is 0.231.